The summed E-state index contributed by atoms with van der Waals surface area (Å²) in [6, 6.07) is 4.10. The summed E-state index contributed by atoms with van der Waals surface area (Å²) in [5.41, 5.74) is 2.55. The number of aromatic amines is 1. The van der Waals surface area contributed by atoms with Gasteiger partial charge in [0.1, 0.15) is 17.0 Å². The maximum Gasteiger partial charge on any atom is 0.253 e. The van der Waals surface area contributed by atoms with Gasteiger partial charge in [0.2, 0.25) is 0 Å². The lowest BCUT2D eigenvalue weighted by Crippen LogP contribution is -2.18. The molecular formula is C16H18N4OS. The van der Waals surface area contributed by atoms with Crippen LogP contribution in [0.2, 0.25) is 0 Å². The number of aryl methyl sites for hydroxylation is 3. The number of pyridine rings is 1. The monoisotopic (exact) mass is 314 g/mol. The molecule has 3 heterocycles. The minimum Gasteiger partial charge on any atom is -0.365 e. The Morgan fingerprint density at radius 3 is 2.82 bits per heavy atom. The molecule has 0 bridgehead atoms. The zero-order chi connectivity index (χ0) is 15.7. The molecule has 0 radical (unpaired) electrons. The van der Waals surface area contributed by atoms with Crippen LogP contribution >= 0.6 is 11.3 Å². The molecule has 0 saturated heterocycles. The summed E-state index contributed by atoms with van der Waals surface area (Å²) in [5.74, 6) is 0.778. The highest BCUT2D eigenvalue weighted by Gasteiger charge is 2.10. The van der Waals surface area contributed by atoms with Gasteiger partial charge in [-0.1, -0.05) is 6.92 Å². The second-order valence-corrected chi connectivity index (χ2v) is 6.42. The van der Waals surface area contributed by atoms with E-state index in [1.807, 2.05) is 19.9 Å². The van der Waals surface area contributed by atoms with Gasteiger partial charge in [-0.25, -0.2) is 9.97 Å². The number of anilines is 1. The molecule has 0 aliphatic rings. The lowest BCUT2D eigenvalue weighted by molar-refractivity contribution is 1.00. The third-order valence-corrected chi connectivity index (χ3v) is 4.84. The molecule has 0 aliphatic heterocycles. The van der Waals surface area contributed by atoms with Crippen LogP contribution in [0.3, 0.4) is 0 Å². The number of thiophene rings is 1. The molecule has 3 aromatic heterocycles. The molecule has 0 atom stereocenters. The van der Waals surface area contributed by atoms with Gasteiger partial charge in [-0.15, -0.1) is 11.3 Å². The summed E-state index contributed by atoms with van der Waals surface area (Å²) < 4.78 is 0. The quantitative estimate of drug-likeness (QED) is 0.776. The van der Waals surface area contributed by atoms with Gasteiger partial charge in [0.05, 0.1) is 5.39 Å². The molecule has 0 fully saturated rings. The van der Waals surface area contributed by atoms with Crippen molar-refractivity contribution in [2.45, 2.75) is 33.7 Å². The first kappa shape index (κ1) is 14.7. The molecule has 0 aromatic carbocycles. The maximum absolute atomic E-state index is 12.1. The fourth-order valence-electron chi connectivity index (χ4n) is 2.49. The molecule has 3 aromatic rings. The number of nitrogens with one attached hydrogen (secondary N) is 2. The van der Waals surface area contributed by atoms with Gasteiger partial charge < -0.3 is 10.3 Å². The van der Waals surface area contributed by atoms with Gasteiger partial charge in [-0.05, 0) is 38.0 Å². The normalized spacial score (nSPS) is 11.0. The lowest BCUT2D eigenvalue weighted by Gasteiger charge is -2.09. The van der Waals surface area contributed by atoms with E-state index >= 15 is 0 Å². The van der Waals surface area contributed by atoms with E-state index in [1.54, 1.807) is 17.7 Å². The summed E-state index contributed by atoms with van der Waals surface area (Å²) >= 11 is 1.68. The Hall–Kier alpha value is -2.21. The maximum atomic E-state index is 12.1. The van der Waals surface area contributed by atoms with Crippen LogP contribution < -0.4 is 10.9 Å². The van der Waals surface area contributed by atoms with E-state index in [0.29, 0.717) is 6.54 Å². The first-order valence-electron chi connectivity index (χ1n) is 7.25. The Kier molecular flexibility index (Phi) is 3.94. The predicted molar refractivity (Wildman–Crippen MR) is 90.7 cm³/mol. The van der Waals surface area contributed by atoms with Gasteiger partial charge in [0.25, 0.3) is 5.56 Å². The van der Waals surface area contributed by atoms with Crippen molar-refractivity contribution in [3.05, 3.63) is 50.5 Å². The molecule has 22 heavy (non-hydrogen) atoms. The Balaban J connectivity index is 1.91. The third kappa shape index (κ3) is 2.74. The first-order valence-corrected chi connectivity index (χ1v) is 8.06. The summed E-state index contributed by atoms with van der Waals surface area (Å²) in [4.78, 5) is 25.8. The Morgan fingerprint density at radius 1 is 1.27 bits per heavy atom. The number of fused-ring (bicyclic) bond motifs is 1. The Morgan fingerprint density at radius 2 is 2.09 bits per heavy atom. The molecule has 2 N–H and O–H groups in total. The minimum atomic E-state index is -0.0464. The first-order chi connectivity index (χ1) is 10.6. The Labute approximate surface area is 132 Å². The van der Waals surface area contributed by atoms with Crippen LogP contribution in [0.4, 0.5) is 5.82 Å². The van der Waals surface area contributed by atoms with Crippen molar-refractivity contribution in [2.24, 2.45) is 0 Å². The van der Waals surface area contributed by atoms with Crippen molar-refractivity contribution in [1.29, 1.82) is 0 Å². The van der Waals surface area contributed by atoms with E-state index in [1.165, 1.54) is 4.88 Å². The van der Waals surface area contributed by atoms with Gasteiger partial charge in [-0.2, -0.15) is 0 Å². The number of rotatable bonds is 4. The number of aromatic nitrogens is 3. The molecule has 5 nitrogen and oxygen atoms in total. The van der Waals surface area contributed by atoms with Crippen molar-refractivity contribution in [3.63, 3.8) is 0 Å². The highest BCUT2D eigenvalue weighted by molar-refractivity contribution is 7.18. The van der Waals surface area contributed by atoms with Crippen molar-refractivity contribution < 1.29 is 0 Å². The highest BCUT2D eigenvalue weighted by Crippen LogP contribution is 2.28. The van der Waals surface area contributed by atoms with Crippen molar-refractivity contribution in [2.75, 3.05) is 5.32 Å². The van der Waals surface area contributed by atoms with Gasteiger partial charge in [0.15, 0.2) is 0 Å². The predicted octanol–water partition coefficient (Wildman–Crippen LogP) is 3.17. The van der Waals surface area contributed by atoms with Crippen LogP contribution in [0.5, 0.6) is 0 Å². The summed E-state index contributed by atoms with van der Waals surface area (Å²) in [7, 11) is 0. The molecule has 0 saturated carbocycles. The van der Waals surface area contributed by atoms with Gasteiger partial charge in [-0.3, -0.25) is 4.79 Å². The summed E-state index contributed by atoms with van der Waals surface area (Å²) in [6.45, 7) is 6.41. The molecule has 0 aliphatic carbocycles. The average molecular weight is 314 g/mol. The number of hydrogen-bond acceptors (Lipinski definition) is 5. The number of hydrogen-bond donors (Lipinski definition) is 2. The third-order valence-electron chi connectivity index (χ3n) is 3.66. The number of H-pyrrole nitrogens is 1. The SMILES string of the molecule is CCc1cc2c(NCc3c(C)cc(C)[nH]c3=O)ncnc2s1. The average Bonchev–Trinajstić information content (AvgIpc) is 2.90. The Bertz CT molecular complexity index is 881. The van der Waals surface area contributed by atoms with E-state index in [0.717, 1.165) is 39.3 Å². The molecule has 0 unspecified atom stereocenters. The van der Waals surface area contributed by atoms with E-state index < -0.39 is 0 Å². The smallest absolute Gasteiger partial charge is 0.253 e. The molecular weight excluding hydrogens is 296 g/mol. The molecule has 6 heteroatoms. The lowest BCUT2D eigenvalue weighted by atomic mass is 10.1. The number of nitrogens with zero attached hydrogens (tertiary/aromatic N) is 2. The van der Waals surface area contributed by atoms with E-state index in [9.17, 15) is 4.79 Å². The van der Waals surface area contributed by atoms with E-state index in [-0.39, 0.29) is 5.56 Å². The van der Waals surface area contributed by atoms with Gasteiger partial charge in [0, 0.05) is 22.7 Å². The van der Waals surface area contributed by atoms with Crippen LogP contribution in [0.25, 0.3) is 10.2 Å². The van der Waals surface area contributed by atoms with Crippen LogP contribution in [0.15, 0.2) is 23.3 Å². The minimum absolute atomic E-state index is 0.0464. The van der Waals surface area contributed by atoms with E-state index in [4.69, 9.17) is 0 Å². The largest absolute Gasteiger partial charge is 0.365 e. The molecule has 114 valence electrons. The fourth-order valence-corrected chi connectivity index (χ4v) is 3.43. The van der Waals surface area contributed by atoms with Crippen LogP contribution in [-0.4, -0.2) is 15.0 Å². The van der Waals surface area contributed by atoms with Crippen LogP contribution in [-0.2, 0) is 13.0 Å². The van der Waals surface area contributed by atoms with Crippen molar-refractivity contribution >= 4 is 27.4 Å². The van der Waals surface area contributed by atoms with Gasteiger partial charge >= 0.3 is 0 Å². The summed E-state index contributed by atoms with van der Waals surface area (Å²) in [5, 5.41) is 4.30. The van der Waals surface area contributed by atoms with E-state index in [2.05, 4.69) is 33.3 Å². The van der Waals surface area contributed by atoms with Crippen LogP contribution in [0, 0.1) is 13.8 Å². The molecule has 3 rings (SSSR count). The second-order valence-electron chi connectivity index (χ2n) is 5.30. The second kappa shape index (κ2) is 5.88. The molecule has 0 amide bonds. The molecule has 0 spiro atoms. The fraction of sp³-hybridized carbons (Fsp3) is 0.312. The topological polar surface area (TPSA) is 70.7 Å². The van der Waals surface area contributed by atoms with Crippen molar-refractivity contribution in [1.82, 2.24) is 15.0 Å². The zero-order valence-corrected chi connectivity index (χ0v) is 13.7. The standard InChI is InChI=1S/C16H18N4OS/c1-4-11-6-12-14(18-8-19-16(12)22-11)17-7-13-9(2)5-10(3)20-15(13)21/h5-6,8H,4,7H2,1-3H3,(H,20,21)(H,17,18,19). The zero-order valence-electron chi connectivity index (χ0n) is 12.9. The summed E-state index contributed by atoms with van der Waals surface area (Å²) in [6.07, 6.45) is 2.55. The van der Waals surface area contributed by atoms with Crippen molar-refractivity contribution in [3.8, 4) is 0 Å². The van der Waals surface area contributed by atoms with Crippen LogP contribution in [0.1, 0.15) is 28.6 Å². The highest BCUT2D eigenvalue weighted by atomic mass is 32.1.